The molecule has 3 atom stereocenters. The van der Waals surface area contributed by atoms with Gasteiger partial charge in [-0.25, -0.2) is 4.57 Å². The molecule has 0 aliphatic heterocycles. The Morgan fingerprint density at radius 2 is 0.813 bits per heavy atom. The van der Waals surface area contributed by atoms with Gasteiger partial charge in [0.1, 0.15) is 13.2 Å². The summed E-state index contributed by atoms with van der Waals surface area (Å²) in [5, 5.41) is 13.9. The van der Waals surface area contributed by atoms with Crippen molar-refractivity contribution >= 4 is 13.7 Å². The van der Waals surface area contributed by atoms with Crippen molar-refractivity contribution in [2.24, 2.45) is 0 Å². The van der Waals surface area contributed by atoms with Gasteiger partial charge >= 0.3 is 7.82 Å². The molecule has 0 saturated heterocycles. The summed E-state index contributed by atoms with van der Waals surface area (Å²) in [6.45, 7) is 4.69. The number of aliphatic hydroxyl groups is 1. The molecule has 0 heterocycles. The van der Waals surface area contributed by atoms with E-state index >= 15 is 0 Å². The number of phosphoric acid groups is 1. The predicted molar refractivity (Wildman–Crippen MR) is 327 cm³/mol. The summed E-state index contributed by atoms with van der Waals surface area (Å²) < 4.78 is 23.7. The summed E-state index contributed by atoms with van der Waals surface area (Å²) >= 11 is 0. The SMILES string of the molecule is CC/C=C\C/C=C\C/C=C\C/C=C\CCCCCCCCCCCCCCCCCCCCCCCCC(=O)NC(COP(=O)(O)OCC[N+](C)(C)C)C(O)/C=C/CC/C=C/CC/C=C/CCCCCCCCCC. The van der Waals surface area contributed by atoms with Crippen molar-refractivity contribution in [1.29, 1.82) is 0 Å². The Labute approximate surface area is 465 Å². The van der Waals surface area contributed by atoms with Gasteiger partial charge < -0.3 is 19.8 Å². The Bertz CT molecular complexity index is 1500. The summed E-state index contributed by atoms with van der Waals surface area (Å²) in [5.74, 6) is -0.189. The highest BCUT2D eigenvalue weighted by Crippen LogP contribution is 2.43. The fraction of sp³-hybridized carbons (Fsp3) is 0.773. The van der Waals surface area contributed by atoms with Crippen LogP contribution in [0.25, 0.3) is 0 Å². The number of hydrogen-bond donors (Lipinski definition) is 3. The molecule has 3 N–H and O–H groups in total. The Morgan fingerprint density at radius 3 is 1.23 bits per heavy atom. The molecule has 3 unspecified atom stereocenters. The zero-order chi connectivity index (χ0) is 54.9. The van der Waals surface area contributed by atoms with E-state index < -0.39 is 20.0 Å². The topological polar surface area (TPSA) is 105 Å². The van der Waals surface area contributed by atoms with Crippen molar-refractivity contribution in [2.45, 2.75) is 289 Å². The average molecular weight is 1070 g/mol. The van der Waals surface area contributed by atoms with E-state index in [2.05, 4.69) is 92.1 Å². The van der Waals surface area contributed by atoms with E-state index in [1.165, 1.54) is 186 Å². The highest BCUT2D eigenvalue weighted by Gasteiger charge is 2.27. The lowest BCUT2D eigenvalue weighted by atomic mass is 10.0. The quantitative estimate of drug-likeness (QED) is 0.0243. The molecule has 0 aliphatic carbocycles. The number of carbonyl (C=O) groups excluding carboxylic acids is 1. The Morgan fingerprint density at radius 1 is 0.467 bits per heavy atom. The van der Waals surface area contributed by atoms with E-state index in [-0.39, 0.29) is 19.1 Å². The molecule has 0 bridgehead atoms. The van der Waals surface area contributed by atoms with Gasteiger partial charge in [-0.05, 0) is 83.5 Å². The van der Waals surface area contributed by atoms with Gasteiger partial charge in [0.05, 0.1) is 39.9 Å². The highest BCUT2D eigenvalue weighted by molar-refractivity contribution is 7.47. The lowest BCUT2D eigenvalue weighted by Gasteiger charge is -2.25. The second-order valence-electron chi connectivity index (χ2n) is 22.4. The lowest BCUT2D eigenvalue weighted by Crippen LogP contribution is -2.45. The first-order valence-corrected chi connectivity index (χ1v) is 33.0. The number of phosphoric ester groups is 1. The molecule has 75 heavy (non-hydrogen) atoms. The molecule has 0 aliphatic rings. The number of amides is 1. The number of unbranched alkanes of at least 4 members (excludes halogenated alkanes) is 32. The van der Waals surface area contributed by atoms with Gasteiger partial charge in [-0.2, -0.15) is 0 Å². The molecule has 0 radical (unpaired) electrons. The van der Waals surface area contributed by atoms with Crippen LogP contribution >= 0.6 is 7.82 Å². The van der Waals surface area contributed by atoms with E-state index in [0.717, 1.165) is 70.6 Å². The zero-order valence-corrected chi connectivity index (χ0v) is 50.7. The number of rotatable bonds is 57. The number of quaternary nitrogens is 1. The Hall–Kier alpha value is -2.32. The van der Waals surface area contributed by atoms with Gasteiger partial charge in [0.25, 0.3) is 0 Å². The minimum atomic E-state index is -4.36. The van der Waals surface area contributed by atoms with Crippen LogP contribution in [0.4, 0.5) is 0 Å². The maximum atomic E-state index is 13.0. The number of nitrogens with one attached hydrogen (secondary N) is 1. The molecule has 1 amide bonds. The van der Waals surface area contributed by atoms with Crippen molar-refractivity contribution in [2.75, 3.05) is 40.9 Å². The van der Waals surface area contributed by atoms with Gasteiger partial charge in [-0.3, -0.25) is 13.8 Å². The second kappa shape index (κ2) is 56.4. The first-order chi connectivity index (χ1) is 36.5. The maximum absolute atomic E-state index is 13.0. The average Bonchev–Trinajstić information content (AvgIpc) is 3.37. The smallest absolute Gasteiger partial charge is 0.387 e. The molecule has 9 heteroatoms. The van der Waals surface area contributed by atoms with Crippen LogP contribution in [0, 0.1) is 0 Å². The fourth-order valence-electron chi connectivity index (χ4n) is 8.95. The van der Waals surface area contributed by atoms with Crippen LogP contribution < -0.4 is 5.32 Å². The summed E-state index contributed by atoms with van der Waals surface area (Å²) in [4.78, 5) is 23.3. The number of carbonyl (C=O) groups is 1. The van der Waals surface area contributed by atoms with Crippen molar-refractivity contribution in [3.8, 4) is 0 Å². The lowest BCUT2D eigenvalue weighted by molar-refractivity contribution is -0.870. The van der Waals surface area contributed by atoms with Crippen molar-refractivity contribution in [3.05, 3.63) is 85.1 Å². The van der Waals surface area contributed by atoms with E-state index in [0.29, 0.717) is 17.4 Å². The van der Waals surface area contributed by atoms with Crippen LogP contribution in [0.15, 0.2) is 85.1 Å². The van der Waals surface area contributed by atoms with Crippen LogP contribution in [0.5, 0.6) is 0 Å². The maximum Gasteiger partial charge on any atom is 0.472 e. The van der Waals surface area contributed by atoms with Crippen molar-refractivity contribution in [3.63, 3.8) is 0 Å². The number of aliphatic hydroxyl groups excluding tert-OH is 1. The molecular formula is C66H122N2O6P+. The third-order valence-corrected chi connectivity index (χ3v) is 14.8. The van der Waals surface area contributed by atoms with Gasteiger partial charge in [0, 0.05) is 6.42 Å². The zero-order valence-electron chi connectivity index (χ0n) is 49.8. The summed E-state index contributed by atoms with van der Waals surface area (Å²) in [7, 11) is 1.55. The Kier molecular flexibility index (Phi) is 54.7. The van der Waals surface area contributed by atoms with Crippen LogP contribution in [0.1, 0.15) is 277 Å². The first-order valence-electron chi connectivity index (χ1n) is 31.5. The number of likely N-dealkylation sites (N-methyl/N-ethyl adjacent to an activating group) is 1. The van der Waals surface area contributed by atoms with E-state index in [4.69, 9.17) is 9.05 Å². The van der Waals surface area contributed by atoms with E-state index in [1.807, 2.05) is 27.2 Å². The van der Waals surface area contributed by atoms with E-state index in [9.17, 15) is 19.4 Å². The van der Waals surface area contributed by atoms with Gasteiger partial charge in [0.15, 0.2) is 0 Å². The monoisotopic (exact) mass is 1070 g/mol. The summed E-state index contributed by atoms with van der Waals surface area (Å²) in [5.41, 5.74) is 0. The van der Waals surface area contributed by atoms with Gasteiger partial charge in [-0.1, -0.05) is 272 Å². The second-order valence-corrected chi connectivity index (χ2v) is 23.8. The summed E-state index contributed by atoms with van der Waals surface area (Å²) in [6, 6.07) is -0.872. The standard InChI is InChI=1S/C66H121N2O6P/c1-6-8-10-12-14-16-18-20-22-24-26-27-28-29-30-31-32-33-34-35-36-37-38-39-40-41-42-44-46-48-50-52-54-56-58-60-66(70)67-64(63-74-75(71,72)73-62-61-68(3,4)5)65(69)59-57-55-53-51-49-47-45-43-25-23-21-19-17-15-13-11-9-7-2/h8,10,14,16,20,22,25-27,43,49,51,57,59,64-65,69H,6-7,9,11-13,15,17-19,21,23-24,28-42,44-48,50,52-56,58,60-63H2,1-5H3,(H-,67,70,71,72)/p+1/b10-8-,16-14-,22-20-,27-26-,43-25+,51-49+,59-57+. The summed E-state index contributed by atoms with van der Waals surface area (Å²) in [6.07, 6.45) is 80.0. The number of allylic oxidation sites excluding steroid dienone is 13. The van der Waals surface area contributed by atoms with Crippen molar-refractivity contribution in [1.82, 2.24) is 5.32 Å². The normalized spacial score (nSPS) is 14.4. The van der Waals surface area contributed by atoms with Gasteiger partial charge in [-0.15, -0.1) is 0 Å². The molecule has 0 rings (SSSR count). The molecule has 0 aromatic rings. The third kappa shape index (κ3) is 59.2. The minimum absolute atomic E-state index is 0.0523. The van der Waals surface area contributed by atoms with Crippen LogP contribution in [0.2, 0.25) is 0 Å². The van der Waals surface area contributed by atoms with Crippen LogP contribution in [-0.4, -0.2) is 73.4 Å². The molecule has 0 saturated carbocycles. The Balaban J connectivity index is 4.06. The first kappa shape index (κ1) is 72.7. The molecular weight excluding hydrogens is 948 g/mol. The van der Waals surface area contributed by atoms with Gasteiger partial charge in [0.2, 0.25) is 5.91 Å². The minimum Gasteiger partial charge on any atom is -0.387 e. The fourth-order valence-corrected chi connectivity index (χ4v) is 9.69. The highest BCUT2D eigenvalue weighted by atomic mass is 31.2. The van der Waals surface area contributed by atoms with Crippen LogP contribution in [0.3, 0.4) is 0 Å². The molecule has 0 spiro atoms. The van der Waals surface area contributed by atoms with Crippen LogP contribution in [-0.2, 0) is 18.4 Å². The van der Waals surface area contributed by atoms with Crippen molar-refractivity contribution < 1.29 is 32.9 Å². The molecule has 8 nitrogen and oxygen atoms in total. The largest absolute Gasteiger partial charge is 0.472 e. The number of hydrogen-bond acceptors (Lipinski definition) is 5. The third-order valence-electron chi connectivity index (χ3n) is 13.8. The molecule has 0 aromatic heterocycles. The van der Waals surface area contributed by atoms with E-state index in [1.54, 1.807) is 6.08 Å². The molecule has 0 aromatic carbocycles. The predicted octanol–water partition coefficient (Wildman–Crippen LogP) is 19.6. The molecule has 436 valence electrons. The molecule has 0 fully saturated rings. The number of nitrogens with zero attached hydrogens (tertiary/aromatic N) is 1.